The van der Waals surface area contributed by atoms with Gasteiger partial charge in [-0.05, 0) is 44.1 Å². The summed E-state index contributed by atoms with van der Waals surface area (Å²) in [5.74, 6) is 0.337. The molecule has 25 heavy (non-hydrogen) atoms. The fourth-order valence-corrected chi connectivity index (χ4v) is 4.97. The van der Waals surface area contributed by atoms with Crippen molar-refractivity contribution in [3.63, 3.8) is 0 Å². The molecule has 1 heterocycles. The highest BCUT2D eigenvalue weighted by Crippen LogP contribution is 2.41. The summed E-state index contributed by atoms with van der Waals surface area (Å²) >= 11 is 1.58. The second kappa shape index (κ2) is 9.37. The highest BCUT2D eigenvalue weighted by Gasteiger charge is 2.30. The third-order valence-corrected chi connectivity index (χ3v) is 6.12. The zero-order valence-electron chi connectivity index (χ0n) is 15.9. The van der Waals surface area contributed by atoms with E-state index in [1.807, 2.05) is 13.8 Å². The number of carbonyl (C=O) groups excluding carboxylic acids is 2. The smallest absolute Gasteiger partial charge is 0.341 e. The van der Waals surface area contributed by atoms with Crippen LogP contribution in [0.4, 0.5) is 5.00 Å². The Morgan fingerprint density at radius 1 is 1.28 bits per heavy atom. The van der Waals surface area contributed by atoms with E-state index >= 15 is 0 Å². The monoisotopic (exact) mass is 365 g/mol. The van der Waals surface area contributed by atoms with Crippen LogP contribution in [0.15, 0.2) is 0 Å². The van der Waals surface area contributed by atoms with Crippen molar-refractivity contribution in [1.82, 2.24) is 0 Å². The number of esters is 1. The molecule has 5 heteroatoms. The van der Waals surface area contributed by atoms with Gasteiger partial charge in [-0.3, -0.25) is 4.79 Å². The molecule has 1 aliphatic rings. The molecule has 1 aliphatic carbocycles. The minimum absolute atomic E-state index is 0.00361. The van der Waals surface area contributed by atoms with Gasteiger partial charge in [-0.15, -0.1) is 11.3 Å². The number of carbonyl (C=O) groups is 2. The van der Waals surface area contributed by atoms with Gasteiger partial charge in [0.2, 0.25) is 5.91 Å². The molecule has 0 spiro atoms. The Morgan fingerprint density at radius 3 is 2.68 bits per heavy atom. The van der Waals surface area contributed by atoms with Crippen LogP contribution >= 0.6 is 11.3 Å². The number of fused-ring (bicyclic) bond motifs is 1. The van der Waals surface area contributed by atoms with E-state index < -0.39 is 0 Å². The maximum atomic E-state index is 12.5. The van der Waals surface area contributed by atoms with Crippen LogP contribution in [0.25, 0.3) is 0 Å². The Hall–Kier alpha value is -1.36. The molecule has 2 atom stereocenters. The van der Waals surface area contributed by atoms with E-state index in [4.69, 9.17) is 4.74 Å². The predicted octanol–water partition coefficient (Wildman–Crippen LogP) is 5.20. The number of amides is 1. The van der Waals surface area contributed by atoms with Gasteiger partial charge in [0.1, 0.15) is 5.00 Å². The third-order valence-electron chi connectivity index (χ3n) is 4.95. The minimum Gasteiger partial charge on any atom is -0.462 e. The lowest BCUT2D eigenvalue weighted by atomic mass is 9.84. The molecule has 0 radical (unpaired) electrons. The van der Waals surface area contributed by atoms with Crippen molar-refractivity contribution in [3.05, 3.63) is 16.0 Å². The van der Waals surface area contributed by atoms with Gasteiger partial charge in [0.15, 0.2) is 0 Å². The zero-order valence-corrected chi connectivity index (χ0v) is 16.8. The predicted molar refractivity (Wildman–Crippen MR) is 103 cm³/mol. The Labute approximate surface area is 155 Å². The van der Waals surface area contributed by atoms with Crippen LogP contribution in [0.2, 0.25) is 0 Å². The SMILES string of the molecule is CCC[C@@H]1CCc2c(sc(NC(=O)[C@@H](C)CCC)c2C(=O)OCC)C1. The third kappa shape index (κ3) is 4.84. The van der Waals surface area contributed by atoms with Gasteiger partial charge in [0.25, 0.3) is 0 Å². The van der Waals surface area contributed by atoms with Gasteiger partial charge >= 0.3 is 5.97 Å². The maximum Gasteiger partial charge on any atom is 0.341 e. The molecule has 0 saturated carbocycles. The van der Waals surface area contributed by atoms with E-state index in [-0.39, 0.29) is 17.8 Å². The van der Waals surface area contributed by atoms with Crippen LogP contribution in [0.3, 0.4) is 0 Å². The van der Waals surface area contributed by atoms with Crippen LogP contribution in [0.5, 0.6) is 0 Å². The first-order valence-corrected chi connectivity index (χ1v) is 10.5. The van der Waals surface area contributed by atoms with Crippen LogP contribution in [-0.4, -0.2) is 18.5 Å². The standard InChI is InChI=1S/C20H31NO3S/c1-5-8-13(4)18(22)21-19-17(20(23)24-7-3)15-11-10-14(9-6-2)12-16(15)25-19/h13-14H,5-12H2,1-4H3,(H,21,22)/t13-,14+/m0/s1. The molecule has 1 aromatic rings. The lowest BCUT2D eigenvalue weighted by Crippen LogP contribution is -2.21. The van der Waals surface area contributed by atoms with E-state index in [0.717, 1.165) is 37.7 Å². The van der Waals surface area contributed by atoms with Crippen molar-refractivity contribution in [2.45, 2.75) is 72.6 Å². The van der Waals surface area contributed by atoms with Gasteiger partial charge < -0.3 is 10.1 Å². The second-order valence-electron chi connectivity index (χ2n) is 7.00. The molecule has 0 aliphatic heterocycles. The molecule has 4 nitrogen and oxygen atoms in total. The average molecular weight is 366 g/mol. The average Bonchev–Trinajstić information content (AvgIpc) is 2.92. The minimum atomic E-state index is -0.299. The quantitative estimate of drug-likeness (QED) is 0.644. The summed E-state index contributed by atoms with van der Waals surface area (Å²) in [5, 5.41) is 3.71. The molecular weight excluding hydrogens is 334 g/mol. The number of nitrogens with one attached hydrogen (secondary N) is 1. The molecule has 0 unspecified atom stereocenters. The summed E-state index contributed by atoms with van der Waals surface area (Å²) in [6.45, 7) is 8.39. The lowest BCUT2D eigenvalue weighted by molar-refractivity contribution is -0.119. The van der Waals surface area contributed by atoms with Crippen molar-refractivity contribution < 1.29 is 14.3 Å². The van der Waals surface area contributed by atoms with Crippen LogP contribution in [0.1, 0.15) is 80.6 Å². The number of anilines is 1. The molecule has 0 saturated heterocycles. The molecule has 1 amide bonds. The van der Waals surface area contributed by atoms with E-state index in [2.05, 4.69) is 19.2 Å². The molecule has 0 bridgehead atoms. The molecule has 1 aromatic heterocycles. The maximum absolute atomic E-state index is 12.5. The first kappa shape index (κ1) is 20.0. The Morgan fingerprint density at radius 2 is 2.04 bits per heavy atom. The first-order chi connectivity index (χ1) is 12.0. The summed E-state index contributed by atoms with van der Waals surface area (Å²) in [6.07, 6.45) is 7.27. The molecule has 2 rings (SSSR count). The highest BCUT2D eigenvalue weighted by molar-refractivity contribution is 7.17. The fraction of sp³-hybridized carbons (Fsp3) is 0.700. The number of hydrogen-bond donors (Lipinski definition) is 1. The summed E-state index contributed by atoms with van der Waals surface area (Å²) in [4.78, 5) is 26.2. The largest absolute Gasteiger partial charge is 0.462 e. The molecule has 1 N–H and O–H groups in total. The van der Waals surface area contributed by atoms with E-state index in [9.17, 15) is 9.59 Å². The van der Waals surface area contributed by atoms with Crippen molar-refractivity contribution in [2.75, 3.05) is 11.9 Å². The highest BCUT2D eigenvalue weighted by atomic mass is 32.1. The molecule has 140 valence electrons. The van der Waals surface area contributed by atoms with Crippen LogP contribution in [0, 0.1) is 11.8 Å². The van der Waals surface area contributed by atoms with Gasteiger partial charge in [-0.25, -0.2) is 4.79 Å². The lowest BCUT2D eigenvalue weighted by Gasteiger charge is -2.21. The number of rotatable bonds is 8. The Kier molecular flexibility index (Phi) is 7.48. The van der Waals surface area contributed by atoms with Crippen molar-refractivity contribution >= 4 is 28.2 Å². The summed E-state index contributed by atoms with van der Waals surface area (Å²) in [5.41, 5.74) is 1.71. The summed E-state index contributed by atoms with van der Waals surface area (Å²) < 4.78 is 5.27. The van der Waals surface area contributed by atoms with Crippen molar-refractivity contribution in [2.24, 2.45) is 11.8 Å². The van der Waals surface area contributed by atoms with E-state index in [0.29, 0.717) is 23.1 Å². The topological polar surface area (TPSA) is 55.4 Å². The molecule has 0 aromatic carbocycles. The van der Waals surface area contributed by atoms with Gasteiger partial charge in [0, 0.05) is 10.8 Å². The number of hydrogen-bond acceptors (Lipinski definition) is 4. The number of ether oxygens (including phenoxy) is 1. The van der Waals surface area contributed by atoms with Gasteiger partial charge in [-0.2, -0.15) is 0 Å². The van der Waals surface area contributed by atoms with Crippen molar-refractivity contribution in [1.29, 1.82) is 0 Å². The molecule has 0 fully saturated rings. The van der Waals surface area contributed by atoms with Gasteiger partial charge in [-0.1, -0.05) is 40.0 Å². The summed E-state index contributed by atoms with van der Waals surface area (Å²) in [6, 6.07) is 0. The van der Waals surface area contributed by atoms with Crippen LogP contribution < -0.4 is 5.32 Å². The second-order valence-corrected chi connectivity index (χ2v) is 8.11. The summed E-state index contributed by atoms with van der Waals surface area (Å²) in [7, 11) is 0. The van der Waals surface area contributed by atoms with Crippen molar-refractivity contribution in [3.8, 4) is 0 Å². The fourth-order valence-electron chi connectivity index (χ4n) is 3.62. The normalized spacial score (nSPS) is 17.7. The van der Waals surface area contributed by atoms with Crippen LogP contribution in [-0.2, 0) is 22.4 Å². The molecular formula is C20H31NO3S. The Bertz CT molecular complexity index is 608. The van der Waals surface area contributed by atoms with Gasteiger partial charge in [0.05, 0.1) is 12.2 Å². The number of thiophene rings is 1. The van der Waals surface area contributed by atoms with E-state index in [1.54, 1.807) is 11.3 Å². The zero-order chi connectivity index (χ0) is 18.4. The Balaban J connectivity index is 2.28. The van der Waals surface area contributed by atoms with E-state index in [1.165, 1.54) is 17.7 Å². The first-order valence-electron chi connectivity index (χ1n) is 9.64.